The highest BCUT2D eigenvalue weighted by Crippen LogP contribution is 2.36. The van der Waals surface area contributed by atoms with Crippen LogP contribution in [0.5, 0.6) is 0 Å². The third-order valence-electron chi connectivity index (χ3n) is 5.74. The standard InChI is InChI=1S/C22H30N2O/c1-4-5-10-21(22(25)23-3)24-15-19-14-18(11-12-20(19)16(24)2)13-17-8-6-7-9-17/h4,11-12,14,17,21H,1-2,5-10,13,15H2,3H3,(H,23,25). The first-order valence-corrected chi connectivity index (χ1v) is 9.54. The summed E-state index contributed by atoms with van der Waals surface area (Å²) < 4.78 is 0. The minimum absolute atomic E-state index is 0.0574. The van der Waals surface area contributed by atoms with Gasteiger partial charge in [-0.2, -0.15) is 0 Å². The fourth-order valence-electron chi connectivity index (χ4n) is 4.34. The lowest BCUT2D eigenvalue weighted by atomic mass is 9.95. The van der Waals surface area contributed by atoms with E-state index in [2.05, 4.69) is 41.6 Å². The predicted molar refractivity (Wildman–Crippen MR) is 104 cm³/mol. The molecule has 1 aliphatic heterocycles. The number of nitrogens with zero attached hydrogens (tertiary/aromatic N) is 1. The van der Waals surface area contributed by atoms with Crippen LogP contribution in [0, 0.1) is 5.92 Å². The zero-order chi connectivity index (χ0) is 17.8. The average molecular weight is 338 g/mol. The molecule has 2 aliphatic rings. The number of hydrogen-bond acceptors (Lipinski definition) is 2. The van der Waals surface area contributed by atoms with Crippen LogP contribution < -0.4 is 5.32 Å². The van der Waals surface area contributed by atoms with Gasteiger partial charge in [-0.1, -0.05) is 56.5 Å². The van der Waals surface area contributed by atoms with E-state index in [0.717, 1.165) is 31.0 Å². The van der Waals surface area contributed by atoms with Crippen LogP contribution in [-0.2, 0) is 17.8 Å². The summed E-state index contributed by atoms with van der Waals surface area (Å²) in [6.45, 7) is 8.85. The van der Waals surface area contributed by atoms with Gasteiger partial charge in [-0.3, -0.25) is 4.79 Å². The molecule has 1 unspecified atom stereocenters. The topological polar surface area (TPSA) is 32.3 Å². The van der Waals surface area contributed by atoms with Crippen molar-refractivity contribution in [2.75, 3.05) is 7.05 Å². The van der Waals surface area contributed by atoms with Gasteiger partial charge in [0.2, 0.25) is 5.91 Å². The predicted octanol–water partition coefficient (Wildman–Crippen LogP) is 4.29. The van der Waals surface area contributed by atoms with Gasteiger partial charge in [-0.05, 0) is 36.3 Å². The Morgan fingerprint density at radius 2 is 2.16 bits per heavy atom. The molecular formula is C22H30N2O. The molecule has 0 radical (unpaired) electrons. The number of allylic oxidation sites excluding steroid dienone is 1. The molecule has 1 aliphatic carbocycles. The molecule has 0 bridgehead atoms. The van der Waals surface area contributed by atoms with Gasteiger partial charge in [0.25, 0.3) is 0 Å². The fraction of sp³-hybridized carbons (Fsp3) is 0.500. The van der Waals surface area contributed by atoms with Crippen LogP contribution in [0.15, 0.2) is 37.4 Å². The van der Waals surface area contributed by atoms with Crippen molar-refractivity contribution in [3.05, 3.63) is 54.1 Å². The molecule has 3 heteroatoms. The molecule has 0 spiro atoms. The first-order valence-electron chi connectivity index (χ1n) is 9.54. The lowest BCUT2D eigenvalue weighted by Crippen LogP contribution is -2.42. The van der Waals surface area contributed by atoms with E-state index in [9.17, 15) is 4.79 Å². The van der Waals surface area contributed by atoms with E-state index in [-0.39, 0.29) is 11.9 Å². The third kappa shape index (κ3) is 3.81. The Kier molecular flexibility index (Phi) is 5.62. The number of benzene rings is 1. The van der Waals surface area contributed by atoms with Crippen LogP contribution in [0.25, 0.3) is 5.70 Å². The van der Waals surface area contributed by atoms with Crippen LogP contribution in [0.2, 0.25) is 0 Å². The summed E-state index contributed by atoms with van der Waals surface area (Å²) in [6.07, 6.45) is 10.2. The number of likely N-dealkylation sites (N-methyl/N-ethyl adjacent to an activating group) is 1. The normalized spacial score (nSPS) is 18.3. The molecule has 134 valence electrons. The van der Waals surface area contributed by atoms with Crippen molar-refractivity contribution in [1.29, 1.82) is 0 Å². The summed E-state index contributed by atoms with van der Waals surface area (Å²) in [6, 6.07) is 6.62. The summed E-state index contributed by atoms with van der Waals surface area (Å²) in [5.41, 5.74) is 4.92. The summed E-state index contributed by atoms with van der Waals surface area (Å²) in [5.74, 6) is 0.909. The molecular weight excluding hydrogens is 308 g/mol. The molecule has 3 rings (SSSR count). The van der Waals surface area contributed by atoms with Crippen molar-refractivity contribution in [2.24, 2.45) is 5.92 Å². The Balaban J connectivity index is 1.76. The first kappa shape index (κ1) is 17.8. The van der Waals surface area contributed by atoms with E-state index in [1.54, 1.807) is 7.05 Å². The number of carbonyl (C=O) groups is 1. The zero-order valence-electron chi connectivity index (χ0n) is 15.4. The minimum atomic E-state index is -0.179. The summed E-state index contributed by atoms with van der Waals surface area (Å²) in [5, 5.41) is 2.80. The molecule has 1 aromatic rings. The molecule has 1 N–H and O–H groups in total. The second-order valence-electron chi connectivity index (χ2n) is 7.42. The van der Waals surface area contributed by atoms with Crippen molar-refractivity contribution >= 4 is 11.6 Å². The summed E-state index contributed by atoms with van der Waals surface area (Å²) in [7, 11) is 1.70. The zero-order valence-corrected chi connectivity index (χ0v) is 15.4. The van der Waals surface area contributed by atoms with Gasteiger partial charge < -0.3 is 10.2 Å². The SMILES string of the molecule is C=CCCC(C(=O)NC)N1Cc2cc(CC3CCCC3)ccc2C1=C. The van der Waals surface area contributed by atoms with E-state index in [1.165, 1.54) is 48.8 Å². The highest BCUT2D eigenvalue weighted by molar-refractivity contribution is 5.84. The smallest absolute Gasteiger partial charge is 0.242 e. The van der Waals surface area contributed by atoms with Gasteiger partial charge in [-0.25, -0.2) is 0 Å². The Bertz CT molecular complexity index is 658. The molecule has 1 aromatic carbocycles. The van der Waals surface area contributed by atoms with Gasteiger partial charge in [0.1, 0.15) is 6.04 Å². The Morgan fingerprint density at radius 3 is 2.84 bits per heavy atom. The van der Waals surface area contributed by atoms with E-state index >= 15 is 0 Å². The highest BCUT2D eigenvalue weighted by atomic mass is 16.2. The largest absolute Gasteiger partial charge is 0.357 e. The van der Waals surface area contributed by atoms with Crippen molar-refractivity contribution in [3.8, 4) is 0 Å². The summed E-state index contributed by atoms with van der Waals surface area (Å²) in [4.78, 5) is 14.5. The lowest BCUT2D eigenvalue weighted by molar-refractivity contribution is -0.125. The molecule has 0 aromatic heterocycles. The van der Waals surface area contributed by atoms with E-state index < -0.39 is 0 Å². The van der Waals surface area contributed by atoms with Crippen LogP contribution in [0.4, 0.5) is 0 Å². The van der Waals surface area contributed by atoms with Gasteiger partial charge in [-0.15, -0.1) is 6.58 Å². The lowest BCUT2D eigenvalue weighted by Gasteiger charge is -2.28. The van der Waals surface area contributed by atoms with Gasteiger partial charge in [0, 0.05) is 24.9 Å². The Hall–Kier alpha value is -2.03. The maximum atomic E-state index is 12.4. The van der Waals surface area contributed by atoms with Crippen LogP contribution in [0.1, 0.15) is 55.2 Å². The van der Waals surface area contributed by atoms with E-state index in [1.807, 2.05) is 6.08 Å². The van der Waals surface area contributed by atoms with E-state index in [0.29, 0.717) is 0 Å². The molecule has 1 amide bonds. The quantitative estimate of drug-likeness (QED) is 0.752. The summed E-state index contributed by atoms with van der Waals surface area (Å²) >= 11 is 0. The molecule has 1 heterocycles. The fourth-order valence-corrected chi connectivity index (χ4v) is 4.34. The Labute approximate surface area is 151 Å². The second-order valence-corrected chi connectivity index (χ2v) is 7.42. The Morgan fingerprint density at radius 1 is 1.40 bits per heavy atom. The van der Waals surface area contributed by atoms with Crippen molar-refractivity contribution < 1.29 is 4.79 Å². The molecule has 1 atom stereocenters. The molecule has 1 saturated carbocycles. The van der Waals surface area contributed by atoms with Crippen molar-refractivity contribution in [2.45, 2.75) is 57.5 Å². The van der Waals surface area contributed by atoms with Crippen LogP contribution >= 0.6 is 0 Å². The third-order valence-corrected chi connectivity index (χ3v) is 5.74. The van der Waals surface area contributed by atoms with Crippen molar-refractivity contribution in [1.82, 2.24) is 10.2 Å². The number of rotatable bonds is 7. The van der Waals surface area contributed by atoms with Crippen molar-refractivity contribution in [3.63, 3.8) is 0 Å². The molecule has 0 saturated heterocycles. The van der Waals surface area contributed by atoms with Crippen LogP contribution in [-0.4, -0.2) is 23.9 Å². The molecule has 3 nitrogen and oxygen atoms in total. The number of nitrogens with one attached hydrogen (secondary N) is 1. The number of fused-ring (bicyclic) bond motifs is 1. The van der Waals surface area contributed by atoms with Gasteiger partial charge in [0.15, 0.2) is 0 Å². The maximum absolute atomic E-state index is 12.4. The maximum Gasteiger partial charge on any atom is 0.242 e. The number of hydrogen-bond donors (Lipinski definition) is 1. The second kappa shape index (κ2) is 7.90. The van der Waals surface area contributed by atoms with Gasteiger partial charge >= 0.3 is 0 Å². The minimum Gasteiger partial charge on any atom is -0.357 e. The van der Waals surface area contributed by atoms with Gasteiger partial charge in [0.05, 0.1) is 0 Å². The monoisotopic (exact) mass is 338 g/mol. The first-order chi connectivity index (χ1) is 12.1. The average Bonchev–Trinajstić information content (AvgIpc) is 3.23. The van der Waals surface area contributed by atoms with Crippen LogP contribution in [0.3, 0.4) is 0 Å². The van der Waals surface area contributed by atoms with E-state index in [4.69, 9.17) is 0 Å². The molecule has 1 fully saturated rings. The highest BCUT2D eigenvalue weighted by Gasteiger charge is 2.32. The molecule has 25 heavy (non-hydrogen) atoms. The number of amides is 1. The number of carbonyl (C=O) groups excluding carboxylic acids is 1.